The molecule has 0 radical (unpaired) electrons. The molecule has 0 saturated carbocycles. The Morgan fingerprint density at radius 3 is 2.29 bits per heavy atom. The van der Waals surface area contributed by atoms with Gasteiger partial charge in [-0.15, -0.1) is 0 Å². The van der Waals surface area contributed by atoms with Gasteiger partial charge in [0.05, 0.1) is 18.5 Å². The van der Waals surface area contributed by atoms with Crippen LogP contribution in [0.15, 0.2) is 93.5 Å². The molecular formula is C54H71N15O9. The highest BCUT2D eigenvalue weighted by atomic mass is 16.2. The molecule has 3 aliphatic heterocycles. The number of unbranched alkanes of at least 4 members (excludes halogenated alkanes) is 1. The smallest absolute Gasteiger partial charge is 0.274 e. The van der Waals surface area contributed by atoms with Crippen LogP contribution in [0.1, 0.15) is 95.1 Å². The van der Waals surface area contributed by atoms with Gasteiger partial charge in [0.2, 0.25) is 47.3 Å². The molecule has 0 saturated heterocycles. The predicted octanol–water partition coefficient (Wildman–Crippen LogP) is -0.189. The number of anilines is 1. The number of nitrogens with zero attached hydrogens (tertiary/aromatic N) is 3. The van der Waals surface area contributed by atoms with Crippen LogP contribution in [-0.2, 0) is 49.6 Å². The van der Waals surface area contributed by atoms with Crippen LogP contribution in [0.2, 0.25) is 0 Å². The first-order valence-electron chi connectivity index (χ1n) is 26.3. The highest BCUT2D eigenvalue weighted by Crippen LogP contribution is 2.34. The number of nitrogens with two attached hydrogens (primary N) is 3. The number of para-hydroxylation sites is 1. The fourth-order valence-electron chi connectivity index (χ4n) is 9.21. The summed E-state index contributed by atoms with van der Waals surface area (Å²) in [5.74, 6) is -7.57. The van der Waals surface area contributed by atoms with Crippen molar-refractivity contribution in [2.24, 2.45) is 32.2 Å². The number of nitrogens with one attached hydrogen (secondary N) is 9. The molecule has 0 spiro atoms. The molecule has 24 heteroatoms. The first kappa shape index (κ1) is 58.7. The third kappa shape index (κ3) is 17.8. The van der Waals surface area contributed by atoms with E-state index in [1.807, 2.05) is 73.7 Å². The number of carbonyl (C=O) groups is 9. The largest absolute Gasteiger partial charge is 0.384 e. The zero-order valence-corrected chi connectivity index (χ0v) is 43.8. The lowest BCUT2D eigenvalue weighted by Crippen LogP contribution is -2.58. The Balaban J connectivity index is 1.24. The Morgan fingerprint density at radius 1 is 0.821 bits per heavy atom. The molecule has 3 aromatic carbocycles. The van der Waals surface area contributed by atoms with Crippen molar-refractivity contribution >= 4 is 88.1 Å². The van der Waals surface area contributed by atoms with Gasteiger partial charge in [-0.25, -0.2) is 4.99 Å². The molecule has 9 amide bonds. The van der Waals surface area contributed by atoms with Crippen LogP contribution < -0.4 is 65.1 Å². The van der Waals surface area contributed by atoms with Crippen LogP contribution in [0.4, 0.5) is 5.69 Å². The third-order valence-electron chi connectivity index (χ3n) is 13.3. The molecular weight excluding hydrogens is 1000 g/mol. The van der Waals surface area contributed by atoms with Gasteiger partial charge in [-0.1, -0.05) is 86.5 Å². The van der Waals surface area contributed by atoms with Crippen molar-refractivity contribution < 1.29 is 43.2 Å². The number of amides is 9. The SMILES string of the molecule is CCCC[C@H](NC(C)=O)C(=O)N[C@H]1CC(=O)NCCC/C=C(/NC(=O)[C@H](CC2CNc3ccccc32)NC(=O)[C@H](CCCN=C(N)N)NC(=O)[C@H](N)Cc2ccc3ccccc3c2)C(=O)NC(=O)[C@H](CC2C=NC=N2)NC1=O. The van der Waals surface area contributed by atoms with Crippen LogP contribution in [0.25, 0.3) is 10.8 Å². The van der Waals surface area contributed by atoms with E-state index >= 15 is 0 Å². The Kier molecular flexibility index (Phi) is 21.9. The van der Waals surface area contributed by atoms with Crippen molar-refractivity contribution in [3.05, 3.63) is 89.6 Å². The quantitative estimate of drug-likeness (QED) is 0.0269. The van der Waals surface area contributed by atoms with Gasteiger partial charge in [0.1, 0.15) is 42.2 Å². The number of allylic oxidation sites excluding steroid dienone is 1. The second kappa shape index (κ2) is 29.1. The molecule has 15 N–H and O–H groups in total. The third-order valence-corrected chi connectivity index (χ3v) is 13.3. The summed E-state index contributed by atoms with van der Waals surface area (Å²) in [5, 5.41) is 26.2. The summed E-state index contributed by atoms with van der Waals surface area (Å²) in [6, 6.07) is 12.5. The van der Waals surface area contributed by atoms with E-state index in [0.717, 1.165) is 27.6 Å². The van der Waals surface area contributed by atoms with Gasteiger partial charge in [0.25, 0.3) is 5.91 Å². The highest BCUT2D eigenvalue weighted by Gasteiger charge is 2.36. The topological polar surface area (TPSA) is 377 Å². The van der Waals surface area contributed by atoms with Crippen LogP contribution in [0.5, 0.6) is 0 Å². The number of carbonyl (C=O) groups excluding carboxylic acids is 9. The Bertz CT molecular complexity index is 2800. The summed E-state index contributed by atoms with van der Waals surface area (Å²) in [4.78, 5) is 137. The summed E-state index contributed by atoms with van der Waals surface area (Å²) in [6.07, 6.45) is 5.53. The van der Waals surface area contributed by atoms with E-state index in [4.69, 9.17) is 17.2 Å². The Morgan fingerprint density at radius 2 is 1.55 bits per heavy atom. The van der Waals surface area contributed by atoms with Crippen LogP contribution in [0.3, 0.4) is 0 Å². The summed E-state index contributed by atoms with van der Waals surface area (Å²) >= 11 is 0. The summed E-state index contributed by atoms with van der Waals surface area (Å²) in [6.45, 7) is 3.70. The molecule has 2 unspecified atom stereocenters. The van der Waals surface area contributed by atoms with Gasteiger partial charge >= 0.3 is 0 Å². The molecule has 24 nitrogen and oxygen atoms in total. The molecule has 3 aliphatic rings. The second-order valence-electron chi connectivity index (χ2n) is 19.5. The number of aliphatic imine (C=N–C) groups is 3. The minimum Gasteiger partial charge on any atom is -0.384 e. The standard InChI is InChI=1S/C54H71N15O9/c1-3-4-15-40(63-31(2)70)48(73)68-45-27-46(71)59-21-10-9-17-41(50(75)69-53(78)44(67-52(45)77)26-36-29-58-30-62-36)65-51(76)43(25-35-28-61-39-16-8-7-14-37(35)39)66-49(74)42(18-11-22-60-54(56)57)64-47(72)38(55)24-32-19-20-33-12-5-6-13-34(33)23-32/h5-8,12-14,16-17,19-20,23,29-30,35-36,38,40,42-45,61H,3-4,9-11,15,18,21-22,24-28,55H2,1-2H3,(H,59,71)(H,63,70)(H,64,72)(H,65,76)(H,66,74)(H,67,77)(H,68,73)(H4,56,57,60)(H,69,75,78)/b41-17+/t35?,36?,38-,40+,42+,43+,44+,45+/m1/s1. The van der Waals surface area contributed by atoms with E-state index in [-0.39, 0.29) is 82.0 Å². The van der Waals surface area contributed by atoms with Crippen molar-refractivity contribution in [3.8, 4) is 0 Å². The zero-order valence-electron chi connectivity index (χ0n) is 43.8. The van der Waals surface area contributed by atoms with Crippen LogP contribution in [0, 0.1) is 0 Å². The lowest BCUT2D eigenvalue weighted by Gasteiger charge is -2.26. The molecule has 8 atom stereocenters. The molecule has 0 aromatic heterocycles. The van der Waals surface area contributed by atoms with Crippen molar-refractivity contribution in [1.29, 1.82) is 0 Å². The predicted molar refractivity (Wildman–Crippen MR) is 294 cm³/mol. The molecule has 3 heterocycles. The minimum absolute atomic E-state index is 0.0109. The number of imide groups is 1. The average Bonchev–Trinajstić information content (AvgIpc) is 4.09. The van der Waals surface area contributed by atoms with Crippen LogP contribution >= 0.6 is 0 Å². The number of hydrogen-bond donors (Lipinski definition) is 12. The van der Waals surface area contributed by atoms with Crippen molar-refractivity contribution in [2.45, 2.75) is 133 Å². The normalized spacial score (nSPS) is 20.7. The number of hydrogen-bond acceptors (Lipinski definition) is 14. The van der Waals surface area contributed by atoms with Crippen LogP contribution in [-0.4, -0.2) is 134 Å². The lowest BCUT2D eigenvalue weighted by molar-refractivity contribution is -0.136. The zero-order chi connectivity index (χ0) is 56.1. The highest BCUT2D eigenvalue weighted by molar-refractivity contribution is 6.09. The molecule has 416 valence electrons. The van der Waals surface area contributed by atoms with Crippen molar-refractivity contribution in [1.82, 2.24) is 42.5 Å². The van der Waals surface area contributed by atoms with E-state index in [1.165, 1.54) is 25.6 Å². The Hall–Kier alpha value is -8.54. The maximum Gasteiger partial charge on any atom is 0.274 e. The summed E-state index contributed by atoms with van der Waals surface area (Å²) in [5.41, 5.74) is 19.7. The lowest BCUT2D eigenvalue weighted by atomic mass is 9.93. The number of fused-ring (bicyclic) bond motifs is 2. The number of rotatable bonds is 22. The van der Waals surface area contributed by atoms with Gasteiger partial charge in [-0.3, -0.25) is 58.5 Å². The summed E-state index contributed by atoms with van der Waals surface area (Å²) in [7, 11) is 0. The summed E-state index contributed by atoms with van der Waals surface area (Å²) < 4.78 is 0. The maximum atomic E-state index is 14.7. The van der Waals surface area contributed by atoms with Gasteiger partial charge in [-0.05, 0) is 72.9 Å². The Labute approximate surface area is 451 Å². The van der Waals surface area contributed by atoms with Crippen molar-refractivity contribution in [2.75, 3.05) is 25.0 Å². The second-order valence-corrected chi connectivity index (χ2v) is 19.5. The van der Waals surface area contributed by atoms with Gasteiger partial charge < -0.3 is 59.7 Å². The fourth-order valence-corrected chi connectivity index (χ4v) is 9.21. The number of benzene rings is 3. The van der Waals surface area contributed by atoms with Gasteiger partial charge in [-0.2, -0.15) is 0 Å². The monoisotopic (exact) mass is 1070 g/mol. The molecule has 0 aliphatic carbocycles. The van der Waals surface area contributed by atoms with E-state index < -0.39 is 102 Å². The van der Waals surface area contributed by atoms with E-state index in [2.05, 4.69) is 62.8 Å². The molecule has 3 aromatic rings. The molecule has 78 heavy (non-hydrogen) atoms. The molecule has 0 fully saturated rings. The van der Waals surface area contributed by atoms with Gasteiger partial charge in [0.15, 0.2) is 5.96 Å². The number of guanidine groups is 1. The van der Waals surface area contributed by atoms with E-state index in [1.54, 1.807) is 0 Å². The van der Waals surface area contributed by atoms with E-state index in [9.17, 15) is 43.2 Å². The maximum absolute atomic E-state index is 14.7. The first-order chi connectivity index (χ1) is 37.5. The average molecular weight is 1070 g/mol. The first-order valence-corrected chi connectivity index (χ1v) is 26.3. The molecule has 6 rings (SSSR count). The minimum atomic E-state index is -1.52. The van der Waals surface area contributed by atoms with Gasteiger partial charge in [0, 0.05) is 50.8 Å². The molecule has 0 bridgehead atoms. The van der Waals surface area contributed by atoms with E-state index in [0.29, 0.717) is 19.4 Å². The fraction of sp³-hybridized carbons (Fsp3) is 0.444. The van der Waals surface area contributed by atoms with Crippen molar-refractivity contribution in [3.63, 3.8) is 0 Å².